The number of rotatable bonds is 0. The summed E-state index contributed by atoms with van der Waals surface area (Å²) in [6.07, 6.45) is 3.69. The SMILES string of the molecule is CC12CCCC(O1)C(C)(C(C)(C)C)O2. The second-order valence-corrected chi connectivity index (χ2v) is 6.09. The molecule has 82 valence electrons. The van der Waals surface area contributed by atoms with E-state index in [1.807, 2.05) is 0 Å². The van der Waals surface area contributed by atoms with Crippen LogP contribution in [0.2, 0.25) is 0 Å². The molecule has 3 unspecified atom stereocenters. The van der Waals surface area contributed by atoms with Crippen molar-refractivity contribution in [3.63, 3.8) is 0 Å². The van der Waals surface area contributed by atoms with E-state index in [1.165, 1.54) is 6.42 Å². The van der Waals surface area contributed by atoms with Crippen molar-refractivity contribution in [1.82, 2.24) is 0 Å². The summed E-state index contributed by atoms with van der Waals surface area (Å²) in [5.41, 5.74) is 0.0119. The first-order valence-corrected chi connectivity index (χ1v) is 5.65. The van der Waals surface area contributed by atoms with Gasteiger partial charge in [0.1, 0.15) is 0 Å². The van der Waals surface area contributed by atoms with Crippen LogP contribution in [-0.4, -0.2) is 17.5 Å². The van der Waals surface area contributed by atoms with E-state index < -0.39 is 0 Å². The normalized spacial score (nSPS) is 48.2. The molecule has 2 bridgehead atoms. The van der Waals surface area contributed by atoms with Gasteiger partial charge in [0, 0.05) is 6.42 Å². The zero-order valence-corrected chi connectivity index (χ0v) is 10.0. The molecule has 0 amide bonds. The van der Waals surface area contributed by atoms with Crippen LogP contribution in [0.5, 0.6) is 0 Å². The molecule has 3 atom stereocenters. The molecule has 2 heterocycles. The monoisotopic (exact) mass is 198 g/mol. The lowest BCUT2D eigenvalue weighted by molar-refractivity contribution is -0.199. The van der Waals surface area contributed by atoms with Crippen molar-refractivity contribution in [1.29, 1.82) is 0 Å². The van der Waals surface area contributed by atoms with Gasteiger partial charge in [0.2, 0.25) is 0 Å². The van der Waals surface area contributed by atoms with E-state index in [0.29, 0.717) is 0 Å². The maximum absolute atomic E-state index is 6.20. The molecule has 2 fully saturated rings. The summed E-state index contributed by atoms with van der Waals surface area (Å²) < 4.78 is 12.2. The predicted octanol–water partition coefficient (Wildman–Crippen LogP) is 3.11. The van der Waals surface area contributed by atoms with Gasteiger partial charge < -0.3 is 9.47 Å². The standard InChI is InChI=1S/C12H22O2/c1-10(2,3)12(5)9-7-6-8-11(4,13-9)14-12/h9H,6-8H2,1-5H3. The van der Waals surface area contributed by atoms with Crippen molar-refractivity contribution in [3.8, 4) is 0 Å². The Bertz CT molecular complexity index is 243. The highest BCUT2D eigenvalue weighted by Crippen LogP contribution is 2.52. The average molecular weight is 198 g/mol. The molecule has 0 saturated carbocycles. The molecule has 2 nitrogen and oxygen atoms in total. The number of hydrogen-bond donors (Lipinski definition) is 0. The fourth-order valence-electron chi connectivity index (χ4n) is 2.64. The Labute approximate surface area is 87.0 Å². The third-order valence-corrected chi connectivity index (χ3v) is 4.02. The highest BCUT2D eigenvalue weighted by Gasteiger charge is 2.58. The molecule has 0 aliphatic carbocycles. The Morgan fingerprint density at radius 1 is 1.21 bits per heavy atom. The van der Waals surface area contributed by atoms with Crippen LogP contribution in [0.1, 0.15) is 53.9 Å². The van der Waals surface area contributed by atoms with Crippen molar-refractivity contribution >= 4 is 0 Å². The van der Waals surface area contributed by atoms with Gasteiger partial charge in [-0.2, -0.15) is 0 Å². The minimum absolute atomic E-state index is 0.127. The van der Waals surface area contributed by atoms with Crippen molar-refractivity contribution < 1.29 is 9.47 Å². The molecule has 0 aromatic heterocycles. The maximum Gasteiger partial charge on any atom is 0.166 e. The van der Waals surface area contributed by atoms with Gasteiger partial charge in [-0.3, -0.25) is 0 Å². The van der Waals surface area contributed by atoms with E-state index in [9.17, 15) is 0 Å². The Hall–Kier alpha value is -0.0800. The second-order valence-electron chi connectivity index (χ2n) is 6.09. The molecule has 2 rings (SSSR count). The number of ether oxygens (including phenoxy) is 2. The highest BCUT2D eigenvalue weighted by atomic mass is 16.8. The molecule has 0 aromatic rings. The molecule has 14 heavy (non-hydrogen) atoms. The molecular formula is C12H22O2. The maximum atomic E-state index is 6.20. The van der Waals surface area contributed by atoms with Gasteiger partial charge >= 0.3 is 0 Å². The molecule has 0 N–H and O–H groups in total. The van der Waals surface area contributed by atoms with Gasteiger partial charge in [0.15, 0.2) is 5.79 Å². The fraction of sp³-hybridized carbons (Fsp3) is 1.00. The first kappa shape index (κ1) is 10.4. The van der Waals surface area contributed by atoms with Gasteiger partial charge in [-0.05, 0) is 32.1 Å². The van der Waals surface area contributed by atoms with Crippen molar-refractivity contribution in [2.75, 3.05) is 0 Å². The van der Waals surface area contributed by atoms with Crippen LogP contribution in [0.15, 0.2) is 0 Å². The summed E-state index contributed by atoms with van der Waals surface area (Å²) >= 11 is 0. The van der Waals surface area contributed by atoms with Gasteiger partial charge in [-0.1, -0.05) is 20.8 Å². The lowest BCUT2D eigenvalue weighted by Gasteiger charge is -2.40. The molecule has 0 radical (unpaired) electrons. The minimum atomic E-state index is -0.315. The number of hydrogen-bond acceptors (Lipinski definition) is 2. The van der Waals surface area contributed by atoms with Gasteiger partial charge in [-0.15, -0.1) is 0 Å². The van der Waals surface area contributed by atoms with E-state index in [-0.39, 0.29) is 22.9 Å². The van der Waals surface area contributed by atoms with Crippen LogP contribution in [-0.2, 0) is 9.47 Å². The summed E-state index contributed by atoms with van der Waals surface area (Å²) in [7, 11) is 0. The van der Waals surface area contributed by atoms with Crippen LogP contribution in [0.25, 0.3) is 0 Å². The lowest BCUT2D eigenvalue weighted by Crippen LogP contribution is -2.48. The van der Waals surface area contributed by atoms with E-state index in [2.05, 4.69) is 34.6 Å². The first-order valence-electron chi connectivity index (χ1n) is 5.65. The largest absolute Gasteiger partial charge is 0.344 e. The Morgan fingerprint density at radius 3 is 2.36 bits per heavy atom. The summed E-state index contributed by atoms with van der Waals surface area (Å²) in [4.78, 5) is 0. The van der Waals surface area contributed by atoms with Crippen LogP contribution in [0, 0.1) is 5.41 Å². The minimum Gasteiger partial charge on any atom is -0.344 e. The molecule has 0 spiro atoms. The molecule has 2 aliphatic heterocycles. The molecular weight excluding hydrogens is 176 g/mol. The average Bonchev–Trinajstić information content (AvgIpc) is 2.18. The van der Waals surface area contributed by atoms with Crippen molar-refractivity contribution in [2.45, 2.75) is 71.4 Å². The molecule has 2 heteroatoms. The topological polar surface area (TPSA) is 18.5 Å². The van der Waals surface area contributed by atoms with E-state index in [1.54, 1.807) is 0 Å². The smallest absolute Gasteiger partial charge is 0.166 e. The third-order valence-electron chi connectivity index (χ3n) is 4.02. The zero-order valence-electron chi connectivity index (χ0n) is 10.0. The van der Waals surface area contributed by atoms with Crippen molar-refractivity contribution in [2.24, 2.45) is 5.41 Å². The van der Waals surface area contributed by atoms with Crippen LogP contribution in [0.4, 0.5) is 0 Å². The molecule has 2 aliphatic rings. The first-order chi connectivity index (χ1) is 6.27. The molecule has 2 saturated heterocycles. The Morgan fingerprint density at radius 2 is 1.86 bits per heavy atom. The highest BCUT2D eigenvalue weighted by molar-refractivity contribution is 5.03. The van der Waals surface area contributed by atoms with Gasteiger partial charge in [0.05, 0.1) is 11.7 Å². The quantitative estimate of drug-likeness (QED) is 0.595. The van der Waals surface area contributed by atoms with Crippen LogP contribution < -0.4 is 0 Å². The van der Waals surface area contributed by atoms with Crippen molar-refractivity contribution in [3.05, 3.63) is 0 Å². The Kier molecular flexibility index (Phi) is 2.04. The predicted molar refractivity (Wildman–Crippen MR) is 56.1 cm³/mol. The summed E-state index contributed by atoms with van der Waals surface area (Å²) in [6.45, 7) is 11.0. The van der Waals surface area contributed by atoms with Crippen LogP contribution >= 0.6 is 0 Å². The Balaban J connectivity index is 2.31. The third kappa shape index (κ3) is 1.31. The second kappa shape index (κ2) is 2.73. The van der Waals surface area contributed by atoms with Gasteiger partial charge in [0.25, 0.3) is 0 Å². The van der Waals surface area contributed by atoms with E-state index in [0.717, 1.165) is 12.8 Å². The summed E-state index contributed by atoms with van der Waals surface area (Å²) in [5.74, 6) is -0.315. The van der Waals surface area contributed by atoms with Crippen LogP contribution in [0.3, 0.4) is 0 Å². The summed E-state index contributed by atoms with van der Waals surface area (Å²) in [5, 5.41) is 0. The zero-order chi connectivity index (χ0) is 10.6. The lowest BCUT2D eigenvalue weighted by atomic mass is 9.73. The van der Waals surface area contributed by atoms with E-state index in [4.69, 9.17) is 9.47 Å². The number of fused-ring (bicyclic) bond motifs is 2. The molecule has 0 aromatic carbocycles. The fourth-order valence-corrected chi connectivity index (χ4v) is 2.64. The summed E-state index contributed by atoms with van der Waals surface area (Å²) in [6, 6.07) is 0. The van der Waals surface area contributed by atoms with E-state index >= 15 is 0 Å². The van der Waals surface area contributed by atoms with Gasteiger partial charge in [-0.25, -0.2) is 0 Å².